The maximum atomic E-state index is 13.1. The van der Waals surface area contributed by atoms with Gasteiger partial charge >= 0.3 is 11.8 Å². The van der Waals surface area contributed by atoms with Crippen molar-refractivity contribution in [1.29, 1.82) is 0 Å². The largest absolute Gasteiger partial charge is 0.423 e. The highest BCUT2D eigenvalue weighted by molar-refractivity contribution is 5.99. The van der Waals surface area contributed by atoms with Crippen LogP contribution in [0.15, 0.2) is 33.5 Å². The van der Waals surface area contributed by atoms with Gasteiger partial charge in [-0.1, -0.05) is 0 Å². The predicted molar refractivity (Wildman–Crippen MR) is 89.9 cm³/mol. The third kappa shape index (κ3) is 3.80. The molecule has 0 spiro atoms. The number of nitrogens with zero attached hydrogens (tertiary/aromatic N) is 1. The molecule has 2 amide bonds. The van der Waals surface area contributed by atoms with Crippen LogP contribution in [0.4, 0.5) is 18.9 Å². The highest BCUT2D eigenvalue weighted by Gasteiger charge is 2.35. The average Bonchev–Trinajstić information content (AvgIpc) is 3.09. The van der Waals surface area contributed by atoms with Crippen molar-refractivity contribution >= 4 is 28.5 Å². The summed E-state index contributed by atoms with van der Waals surface area (Å²) in [5.74, 6) is -0.838. The average molecular weight is 383 g/mol. The first kappa shape index (κ1) is 18.9. The third-order valence-corrected chi connectivity index (χ3v) is 4.37. The highest BCUT2D eigenvalue weighted by atomic mass is 19.4. The summed E-state index contributed by atoms with van der Waals surface area (Å²) in [5.41, 5.74) is 2.94. The van der Waals surface area contributed by atoms with E-state index >= 15 is 0 Å². The van der Waals surface area contributed by atoms with Crippen LogP contribution in [0.3, 0.4) is 0 Å². The lowest BCUT2D eigenvalue weighted by molar-refractivity contribution is -0.136. The zero-order chi connectivity index (χ0) is 19.8. The highest BCUT2D eigenvalue weighted by Crippen LogP contribution is 2.34. The van der Waals surface area contributed by atoms with Crippen LogP contribution >= 0.6 is 0 Å². The molecule has 3 N–H and O–H groups in total. The third-order valence-electron chi connectivity index (χ3n) is 4.37. The molecular weight excluding hydrogens is 367 g/mol. The van der Waals surface area contributed by atoms with Gasteiger partial charge in [-0.2, -0.15) is 13.2 Å². The summed E-state index contributed by atoms with van der Waals surface area (Å²) in [6.45, 7) is 0.195. The molecule has 0 aliphatic carbocycles. The standard InChI is InChI=1S/C17H16F3N3O4/c18-17(19,20)11-7-15(25)27-13-6-9(3-4-10(11)13)22-16(26)12-2-1-5-23(12)14(24)8-21/h3-4,6-7,12H,1-2,5,8,21H2,(H,22,26)/t12-/m0/s1. The molecule has 0 unspecified atom stereocenters. The first-order valence-corrected chi connectivity index (χ1v) is 8.16. The van der Waals surface area contributed by atoms with Gasteiger partial charge in [0.2, 0.25) is 11.8 Å². The van der Waals surface area contributed by atoms with Crippen molar-refractivity contribution in [2.45, 2.75) is 25.1 Å². The van der Waals surface area contributed by atoms with E-state index in [0.717, 1.165) is 12.1 Å². The van der Waals surface area contributed by atoms with Crippen molar-refractivity contribution in [3.8, 4) is 0 Å². The van der Waals surface area contributed by atoms with Gasteiger partial charge in [-0.25, -0.2) is 4.79 Å². The van der Waals surface area contributed by atoms with E-state index in [0.29, 0.717) is 25.5 Å². The molecule has 10 heteroatoms. The lowest BCUT2D eigenvalue weighted by atomic mass is 10.1. The normalized spacial score (nSPS) is 17.3. The molecule has 144 valence electrons. The SMILES string of the molecule is NCC(=O)N1CCC[C@H]1C(=O)Nc1ccc2c(C(F)(F)F)cc(=O)oc2c1. The quantitative estimate of drug-likeness (QED) is 0.785. The van der Waals surface area contributed by atoms with Crippen LogP contribution < -0.4 is 16.7 Å². The van der Waals surface area contributed by atoms with Crippen LogP contribution in [-0.2, 0) is 15.8 Å². The molecule has 1 saturated heterocycles. The van der Waals surface area contributed by atoms with Gasteiger partial charge in [0.25, 0.3) is 0 Å². The van der Waals surface area contributed by atoms with Crippen molar-refractivity contribution < 1.29 is 27.2 Å². The van der Waals surface area contributed by atoms with E-state index in [1.165, 1.54) is 11.0 Å². The van der Waals surface area contributed by atoms with Crippen LogP contribution in [0.25, 0.3) is 11.0 Å². The van der Waals surface area contributed by atoms with Crippen LogP contribution in [0.1, 0.15) is 18.4 Å². The molecule has 1 atom stereocenters. The van der Waals surface area contributed by atoms with Gasteiger partial charge < -0.3 is 20.4 Å². The summed E-state index contributed by atoms with van der Waals surface area (Å²) in [6, 6.07) is 3.22. The monoisotopic (exact) mass is 383 g/mol. The number of nitrogens with two attached hydrogens (primary N) is 1. The van der Waals surface area contributed by atoms with E-state index in [1.54, 1.807) is 0 Å². The molecule has 0 bridgehead atoms. The number of nitrogens with one attached hydrogen (secondary N) is 1. The number of alkyl halides is 3. The zero-order valence-corrected chi connectivity index (χ0v) is 14.0. The van der Waals surface area contributed by atoms with E-state index in [4.69, 9.17) is 10.2 Å². The summed E-state index contributed by atoms with van der Waals surface area (Å²) < 4.78 is 44.0. The van der Waals surface area contributed by atoms with Crippen LogP contribution in [0.5, 0.6) is 0 Å². The molecule has 1 aliphatic rings. The van der Waals surface area contributed by atoms with Crippen molar-refractivity contribution in [3.63, 3.8) is 0 Å². The number of anilines is 1. The molecule has 1 aromatic heterocycles. The molecule has 1 fully saturated rings. The lowest BCUT2D eigenvalue weighted by Gasteiger charge is -2.23. The van der Waals surface area contributed by atoms with E-state index < -0.39 is 29.3 Å². The fourth-order valence-electron chi connectivity index (χ4n) is 3.16. The number of fused-ring (bicyclic) bond motifs is 1. The van der Waals surface area contributed by atoms with Gasteiger partial charge in [0.1, 0.15) is 11.6 Å². The number of halogens is 3. The van der Waals surface area contributed by atoms with E-state index in [9.17, 15) is 27.6 Å². The smallest absolute Gasteiger partial charge is 0.417 e. The molecule has 0 radical (unpaired) electrons. The Labute approximate surface area is 150 Å². The van der Waals surface area contributed by atoms with Gasteiger partial charge in [-0.3, -0.25) is 9.59 Å². The van der Waals surface area contributed by atoms with E-state index in [1.807, 2.05) is 0 Å². The fourth-order valence-corrected chi connectivity index (χ4v) is 3.16. The number of hydrogen-bond donors (Lipinski definition) is 2. The number of benzene rings is 1. The fraction of sp³-hybridized carbons (Fsp3) is 0.353. The molecule has 2 aromatic rings. The first-order chi connectivity index (χ1) is 12.7. The Bertz CT molecular complexity index is 955. The second-order valence-corrected chi connectivity index (χ2v) is 6.13. The van der Waals surface area contributed by atoms with E-state index in [2.05, 4.69) is 5.32 Å². The van der Waals surface area contributed by atoms with Crippen LogP contribution in [-0.4, -0.2) is 35.8 Å². The summed E-state index contributed by atoms with van der Waals surface area (Å²) in [7, 11) is 0. The molecule has 27 heavy (non-hydrogen) atoms. The summed E-state index contributed by atoms with van der Waals surface area (Å²) in [4.78, 5) is 37.1. The van der Waals surface area contributed by atoms with Crippen molar-refractivity contribution in [3.05, 3.63) is 40.2 Å². The minimum atomic E-state index is -4.72. The summed E-state index contributed by atoms with van der Waals surface area (Å²) in [5, 5.41) is 2.25. The van der Waals surface area contributed by atoms with Crippen LogP contribution in [0, 0.1) is 0 Å². The molecule has 0 saturated carbocycles. The maximum Gasteiger partial charge on any atom is 0.417 e. The lowest BCUT2D eigenvalue weighted by Crippen LogP contribution is -2.45. The Balaban J connectivity index is 1.89. The number of rotatable bonds is 3. The molecular formula is C17H16F3N3O4. The Morgan fingerprint density at radius 1 is 1.30 bits per heavy atom. The van der Waals surface area contributed by atoms with Crippen molar-refractivity contribution in [1.82, 2.24) is 4.90 Å². The van der Waals surface area contributed by atoms with Gasteiger partial charge in [0.05, 0.1) is 12.1 Å². The Hall–Kier alpha value is -2.88. The first-order valence-electron chi connectivity index (χ1n) is 8.16. The van der Waals surface area contributed by atoms with Crippen molar-refractivity contribution in [2.75, 3.05) is 18.4 Å². The van der Waals surface area contributed by atoms with Gasteiger partial charge in [-0.15, -0.1) is 0 Å². The molecule has 2 heterocycles. The minimum Gasteiger partial charge on any atom is -0.423 e. The minimum absolute atomic E-state index is 0.155. The molecule has 3 rings (SSSR count). The van der Waals surface area contributed by atoms with Crippen molar-refractivity contribution in [2.24, 2.45) is 5.73 Å². The maximum absolute atomic E-state index is 13.1. The molecule has 7 nitrogen and oxygen atoms in total. The number of hydrogen-bond acceptors (Lipinski definition) is 5. The summed E-state index contributed by atoms with van der Waals surface area (Å²) in [6.07, 6.45) is -3.62. The number of carbonyl (C=O) groups is 2. The number of carbonyl (C=O) groups excluding carboxylic acids is 2. The number of amides is 2. The topological polar surface area (TPSA) is 106 Å². The molecule has 1 aromatic carbocycles. The predicted octanol–water partition coefficient (Wildman–Crippen LogP) is 1.70. The molecule has 1 aliphatic heterocycles. The Morgan fingerprint density at radius 2 is 2.04 bits per heavy atom. The van der Waals surface area contributed by atoms with Gasteiger partial charge in [-0.05, 0) is 25.0 Å². The summed E-state index contributed by atoms with van der Waals surface area (Å²) >= 11 is 0. The van der Waals surface area contributed by atoms with Crippen LogP contribution in [0.2, 0.25) is 0 Å². The Morgan fingerprint density at radius 3 is 2.70 bits per heavy atom. The Kier molecular flexibility index (Phi) is 4.92. The second kappa shape index (κ2) is 7.03. The second-order valence-electron chi connectivity index (χ2n) is 6.13. The van der Waals surface area contributed by atoms with Gasteiger partial charge in [0.15, 0.2) is 0 Å². The number of likely N-dealkylation sites (tertiary alicyclic amines) is 1. The zero-order valence-electron chi connectivity index (χ0n) is 14.0. The van der Waals surface area contributed by atoms with E-state index in [-0.39, 0.29) is 29.1 Å². The van der Waals surface area contributed by atoms with Gasteiger partial charge in [0, 0.05) is 29.8 Å².